The third-order valence-corrected chi connectivity index (χ3v) is 9.68. The number of hydrogen-bond acceptors (Lipinski definition) is 5. The number of aryl methyl sites for hydroxylation is 1. The molecule has 2 heterocycles. The molecule has 1 saturated heterocycles. The fourth-order valence-corrected chi connectivity index (χ4v) is 6.53. The lowest BCUT2D eigenvalue weighted by Gasteiger charge is -2.33. The third-order valence-electron chi connectivity index (χ3n) is 9.29. The van der Waals surface area contributed by atoms with Crippen LogP contribution in [0.25, 0.3) is 0 Å². The Morgan fingerprint density at radius 1 is 0.936 bits per heavy atom. The number of piperidine rings is 1. The van der Waals surface area contributed by atoms with E-state index in [9.17, 15) is 0 Å². The molecule has 256 valence electrons. The summed E-state index contributed by atoms with van der Waals surface area (Å²) in [5.74, 6) is 1.01. The molecule has 2 aliphatic heterocycles. The Kier molecular flexibility index (Phi) is 19.9. The van der Waals surface area contributed by atoms with Gasteiger partial charge in [-0.25, -0.2) is 0 Å². The summed E-state index contributed by atoms with van der Waals surface area (Å²) in [4.78, 5) is 5.21. The van der Waals surface area contributed by atoms with Gasteiger partial charge in [0.15, 0.2) is 0 Å². The number of nitriles is 1. The molecule has 47 heavy (non-hydrogen) atoms. The summed E-state index contributed by atoms with van der Waals surface area (Å²) in [5.41, 5.74) is 10.00. The van der Waals surface area contributed by atoms with E-state index >= 15 is 0 Å². The predicted octanol–water partition coefficient (Wildman–Crippen LogP) is 10.7. The largest absolute Gasteiger partial charge is 0.299 e. The molecular formula is C42H62N4S. The highest BCUT2D eigenvalue weighted by molar-refractivity contribution is 7.82. The molecule has 0 unspecified atom stereocenters. The van der Waals surface area contributed by atoms with Gasteiger partial charge < -0.3 is 0 Å². The average Bonchev–Trinajstić information content (AvgIpc) is 3.31. The smallest absolute Gasteiger partial charge is 0.0618 e. The maximum Gasteiger partial charge on any atom is 0.0618 e. The fourth-order valence-electron chi connectivity index (χ4n) is 6.40. The van der Waals surface area contributed by atoms with Gasteiger partial charge in [-0.05, 0) is 106 Å². The first-order chi connectivity index (χ1) is 22.9. The maximum absolute atomic E-state index is 7.62. The minimum Gasteiger partial charge on any atom is -0.299 e. The molecule has 0 radical (unpaired) electrons. The summed E-state index contributed by atoms with van der Waals surface area (Å²) in [6.45, 7) is 25.4. The van der Waals surface area contributed by atoms with Gasteiger partial charge >= 0.3 is 0 Å². The second kappa shape index (κ2) is 23.3. The maximum atomic E-state index is 7.62. The van der Waals surface area contributed by atoms with Crippen LogP contribution in [-0.4, -0.2) is 42.5 Å². The summed E-state index contributed by atoms with van der Waals surface area (Å²) >= 11 is 4.40. The molecule has 5 rings (SSSR count). The van der Waals surface area contributed by atoms with Crippen molar-refractivity contribution in [1.29, 1.82) is 5.26 Å². The Balaban J connectivity index is 0.000000286. The molecule has 0 amide bonds. The van der Waals surface area contributed by atoms with Crippen LogP contribution >= 0.6 is 12.8 Å². The van der Waals surface area contributed by atoms with Gasteiger partial charge in [-0.2, -0.15) is 5.26 Å². The van der Waals surface area contributed by atoms with Crippen LogP contribution in [0, 0.1) is 24.2 Å². The van der Waals surface area contributed by atoms with E-state index in [4.69, 9.17) is 5.26 Å². The normalized spacial score (nSPS) is 16.5. The molecule has 4 nitrogen and oxygen atoms in total. The zero-order valence-corrected chi connectivity index (χ0v) is 30.9. The van der Waals surface area contributed by atoms with Gasteiger partial charge in [0.1, 0.15) is 0 Å². The summed E-state index contributed by atoms with van der Waals surface area (Å²) in [6, 6.07) is 17.3. The van der Waals surface area contributed by atoms with Gasteiger partial charge in [0.25, 0.3) is 0 Å². The number of nitrogens with zero attached hydrogens (tertiary/aromatic N) is 4. The van der Waals surface area contributed by atoms with Crippen molar-refractivity contribution in [2.45, 2.75) is 98.4 Å². The molecule has 2 aromatic carbocycles. The van der Waals surface area contributed by atoms with E-state index < -0.39 is 0 Å². The zero-order valence-electron chi connectivity index (χ0n) is 30.0. The van der Waals surface area contributed by atoms with Crippen molar-refractivity contribution in [2.75, 3.05) is 37.0 Å². The molecule has 0 atom stereocenters. The molecule has 5 heteroatoms. The Labute approximate surface area is 294 Å². The number of fused-ring (bicyclic) bond motifs is 1. The Hall–Kier alpha value is -3.04. The minimum absolute atomic E-state index is 0.625. The van der Waals surface area contributed by atoms with Crippen molar-refractivity contribution in [1.82, 2.24) is 9.80 Å². The van der Waals surface area contributed by atoms with Crippen LogP contribution in [0.15, 0.2) is 91.7 Å². The van der Waals surface area contributed by atoms with Crippen molar-refractivity contribution < 1.29 is 0 Å². The summed E-state index contributed by atoms with van der Waals surface area (Å²) in [5, 5.41) is 7.62. The molecule has 1 aliphatic carbocycles. The topological polar surface area (TPSA) is 33.5 Å². The summed E-state index contributed by atoms with van der Waals surface area (Å²) in [7, 11) is 0. The molecular weight excluding hydrogens is 593 g/mol. The Morgan fingerprint density at radius 3 is 2.26 bits per heavy atom. The van der Waals surface area contributed by atoms with Crippen LogP contribution in [0.2, 0.25) is 0 Å². The zero-order chi connectivity index (χ0) is 34.4. The Morgan fingerprint density at radius 2 is 1.62 bits per heavy atom. The number of anilines is 1. The number of hydrogen-bond donors (Lipinski definition) is 1. The second-order valence-electron chi connectivity index (χ2n) is 12.9. The van der Waals surface area contributed by atoms with Crippen LogP contribution in [0.1, 0.15) is 94.4 Å². The molecule has 0 saturated carbocycles. The lowest BCUT2D eigenvalue weighted by atomic mass is 9.91. The number of likely N-dealkylation sites (tertiary alicyclic amines) is 1. The van der Waals surface area contributed by atoms with Gasteiger partial charge in [-0.15, -0.1) is 13.2 Å². The van der Waals surface area contributed by atoms with Crippen LogP contribution in [0.3, 0.4) is 0 Å². The van der Waals surface area contributed by atoms with Gasteiger partial charge in [0, 0.05) is 38.8 Å². The van der Waals surface area contributed by atoms with E-state index in [2.05, 4.69) is 118 Å². The van der Waals surface area contributed by atoms with E-state index in [1.165, 1.54) is 86.8 Å². The van der Waals surface area contributed by atoms with Gasteiger partial charge in [-0.1, -0.05) is 106 Å². The lowest BCUT2D eigenvalue weighted by Crippen LogP contribution is -2.35. The first-order valence-corrected chi connectivity index (χ1v) is 18.2. The first kappa shape index (κ1) is 40.1. The van der Waals surface area contributed by atoms with Crippen LogP contribution in [-0.2, 0) is 19.4 Å². The van der Waals surface area contributed by atoms with E-state index in [-0.39, 0.29) is 0 Å². The van der Waals surface area contributed by atoms with Gasteiger partial charge in [-0.3, -0.25) is 14.1 Å². The molecule has 0 bridgehead atoms. The quantitative estimate of drug-likeness (QED) is 0.215. The highest BCUT2D eigenvalue weighted by Gasteiger charge is 2.20. The Bertz CT molecular complexity index is 1300. The highest BCUT2D eigenvalue weighted by Crippen LogP contribution is 2.26. The SMILES string of the molecule is C=C.C=CN(S)c1cccc(CN2CCc3ccc(C)cc3CC2)c1.CCC#N.CCCCC1CCN(CC2=C(C)CCC=C2)CC1. The monoisotopic (exact) mass is 654 g/mol. The summed E-state index contributed by atoms with van der Waals surface area (Å²) in [6.07, 6.45) is 19.0. The van der Waals surface area contributed by atoms with Gasteiger partial charge in [0.2, 0.25) is 0 Å². The molecule has 0 N–H and O–H groups in total. The van der Waals surface area contributed by atoms with E-state index in [0.717, 1.165) is 44.1 Å². The molecule has 3 aliphatic rings. The molecule has 2 aromatic rings. The molecule has 0 spiro atoms. The number of benzene rings is 2. The van der Waals surface area contributed by atoms with Crippen molar-refractivity contribution >= 4 is 18.5 Å². The van der Waals surface area contributed by atoms with Crippen molar-refractivity contribution in [3.05, 3.63) is 114 Å². The second-order valence-corrected chi connectivity index (χ2v) is 13.3. The fraction of sp³-hybridized carbons (Fsp3) is 0.500. The van der Waals surface area contributed by atoms with Crippen LogP contribution in [0.4, 0.5) is 5.69 Å². The number of allylic oxidation sites excluding steroid dienone is 2. The number of unbranched alkanes of at least 4 members (excludes halogenated alkanes) is 1. The lowest BCUT2D eigenvalue weighted by molar-refractivity contribution is 0.190. The van der Waals surface area contributed by atoms with E-state index in [1.54, 1.807) is 21.7 Å². The standard InChI is InChI=1S/C20H24N2S.C17H29N.C3H5N.C2H4/c1-3-22(23)20-6-4-5-17(14-20)15-21-11-9-18-8-7-16(2)13-19(18)10-12-21;1-3-4-8-16-10-12-18(13-11-16)14-17-9-6-5-7-15(17)2;1-2-3-4;1-2/h3-8,13-14,23H,1,9-12,15H2,2H3;6,9,16H,3-5,7-8,10-14H2,1-2H3;2H2,1H3;1-2H2. The predicted molar refractivity (Wildman–Crippen MR) is 209 cm³/mol. The minimum atomic E-state index is 0.625. The third kappa shape index (κ3) is 14.7. The molecule has 0 aromatic heterocycles. The van der Waals surface area contributed by atoms with Gasteiger partial charge in [0.05, 0.1) is 11.8 Å². The highest BCUT2D eigenvalue weighted by atomic mass is 32.1. The number of thiol groups is 1. The number of rotatable bonds is 9. The van der Waals surface area contributed by atoms with Crippen LogP contribution < -0.4 is 4.31 Å². The van der Waals surface area contributed by atoms with Crippen molar-refractivity contribution in [3.8, 4) is 6.07 Å². The van der Waals surface area contributed by atoms with Crippen LogP contribution in [0.5, 0.6) is 0 Å². The van der Waals surface area contributed by atoms with Crippen molar-refractivity contribution in [2.24, 2.45) is 5.92 Å². The van der Waals surface area contributed by atoms with E-state index in [1.807, 2.05) is 13.0 Å². The summed E-state index contributed by atoms with van der Waals surface area (Å²) < 4.78 is 1.75. The van der Waals surface area contributed by atoms with Crippen molar-refractivity contribution in [3.63, 3.8) is 0 Å². The average molecular weight is 655 g/mol. The van der Waals surface area contributed by atoms with E-state index in [0.29, 0.717) is 6.42 Å². The molecule has 1 fully saturated rings. The first-order valence-electron chi connectivity index (χ1n) is 17.8.